The van der Waals surface area contributed by atoms with Crippen LogP contribution >= 0.6 is 0 Å². The van der Waals surface area contributed by atoms with Gasteiger partial charge in [0.25, 0.3) is 0 Å². The van der Waals surface area contributed by atoms with Crippen LogP contribution < -0.4 is 10.1 Å². The number of benzene rings is 2. The fraction of sp³-hybridized carbons (Fsp3) is 0.167. The SMILES string of the molecule is O=C(Oc1ccc(-c2ccnc3c(-c4ccc(F)c5[nH]ncc45)c(-c4ccncc4)nn23)cc1)N1CC2CC1CN2. The summed E-state index contributed by atoms with van der Waals surface area (Å²) < 4.78 is 22.0. The Balaban J connectivity index is 1.21. The maximum Gasteiger partial charge on any atom is 0.415 e. The number of likely N-dealkylation sites (tertiary alicyclic amines) is 1. The summed E-state index contributed by atoms with van der Waals surface area (Å²) in [5.41, 5.74) is 5.63. The number of amides is 1. The molecule has 1 amide bonds. The van der Waals surface area contributed by atoms with E-state index in [1.807, 2.05) is 30.3 Å². The molecule has 0 saturated carbocycles. The number of halogens is 1. The Morgan fingerprint density at radius 3 is 2.63 bits per heavy atom. The first-order valence-electron chi connectivity index (χ1n) is 13.4. The van der Waals surface area contributed by atoms with Crippen molar-refractivity contribution in [2.24, 2.45) is 0 Å². The molecular weight excluding hydrogens is 523 g/mol. The van der Waals surface area contributed by atoms with Gasteiger partial charge in [-0.25, -0.2) is 18.7 Å². The molecule has 6 aromatic rings. The number of hydrogen-bond acceptors (Lipinski definition) is 7. The van der Waals surface area contributed by atoms with Crippen LogP contribution in [0, 0.1) is 5.82 Å². The lowest BCUT2D eigenvalue weighted by Gasteiger charge is -2.26. The number of hydrogen-bond donors (Lipinski definition) is 2. The zero-order valence-corrected chi connectivity index (χ0v) is 21.7. The Hall–Kier alpha value is -5.16. The van der Waals surface area contributed by atoms with E-state index >= 15 is 0 Å². The van der Waals surface area contributed by atoms with Gasteiger partial charge in [0.15, 0.2) is 5.65 Å². The molecule has 2 aromatic carbocycles. The van der Waals surface area contributed by atoms with E-state index in [2.05, 4.69) is 20.5 Å². The van der Waals surface area contributed by atoms with Crippen molar-refractivity contribution in [1.29, 1.82) is 0 Å². The lowest BCUT2D eigenvalue weighted by molar-refractivity contribution is 0.141. The van der Waals surface area contributed by atoms with Gasteiger partial charge in [0.05, 0.1) is 17.5 Å². The van der Waals surface area contributed by atoms with Gasteiger partial charge in [0.1, 0.15) is 22.8 Å². The molecule has 2 unspecified atom stereocenters. The molecule has 2 N–H and O–H groups in total. The lowest BCUT2D eigenvalue weighted by atomic mass is 9.98. The van der Waals surface area contributed by atoms with Crippen LogP contribution in [0.15, 0.2) is 79.4 Å². The second-order valence-corrected chi connectivity index (χ2v) is 10.3. The number of fused-ring (bicyclic) bond motifs is 4. The molecule has 2 fully saturated rings. The first kappa shape index (κ1) is 23.7. The number of carbonyl (C=O) groups is 1. The Labute approximate surface area is 232 Å². The lowest BCUT2D eigenvalue weighted by Crippen LogP contribution is -2.47. The number of nitrogens with one attached hydrogen (secondary N) is 2. The number of nitrogens with zero attached hydrogens (tertiary/aromatic N) is 6. The summed E-state index contributed by atoms with van der Waals surface area (Å²) in [6, 6.07) is 16.7. The Morgan fingerprint density at radius 2 is 1.85 bits per heavy atom. The normalized spacial score (nSPS) is 18.0. The second kappa shape index (κ2) is 9.20. The molecule has 2 saturated heterocycles. The molecule has 2 atom stereocenters. The predicted molar refractivity (Wildman–Crippen MR) is 150 cm³/mol. The van der Waals surface area contributed by atoms with E-state index in [1.54, 1.807) is 52.4 Å². The van der Waals surface area contributed by atoms with Crippen LogP contribution in [0.25, 0.3) is 50.2 Å². The third kappa shape index (κ3) is 3.85. The predicted octanol–water partition coefficient (Wildman–Crippen LogP) is 4.69. The summed E-state index contributed by atoms with van der Waals surface area (Å²) in [6.07, 6.45) is 7.41. The van der Waals surface area contributed by atoms with Gasteiger partial charge in [-0.2, -0.15) is 10.2 Å². The van der Waals surface area contributed by atoms with E-state index in [-0.39, 0.29) is 18.0 Å². The van der Waals surface area contributed by atoms with Crippen LogP contribution in [0.2, 0.25) is 0 Å². The minimum absolute atomic E-state index is 0.199. The molecule has 0 radical (unpaired) electrons. The average molecular weight is 547 g/mol. The largest absolute Gasteiger partial charge is 0.415 e. The number of piperazine rings is 1. The van der Waals surface area contributed by atoms with Crippen molar-refractivity contribution < 1.29 is 13.9 Å². The van der Waals surface area contributed by atoms with Crippen LogP contribution in [0.4, 0.5) is 9.18 Å². The highest BCUT2D eigenvalue weighted by atomic mass is 19.1. The summed E-state index contributed by atoms with van der Waals surface area (Å²) in [7, 11) is 0. The summed E-state index contributed by atoms with van der Waals surface area (Å²) in [5.74, 6) is 0.0959. The molecular formula is C30H23FN8O2. The topological polar surface area (TPSA) is 113 Å². The van der Waals surface area contributed by atoms with Crippen molar-refractivity contribution >= 4 is 22.6 Å². The van der Waals surface area contributed by atoms with Crippen molar-refractivity contribution in [1.82, 2.24) is 40.0 Å². The van der Waals surface area contributed by atoms with Gasteiger partial charge < -0.3 is 15.0 Å². The molecule has 2 aliphatic heterocycles. The number of pyridine rings is 1. The standard InChI is InChI=1S/C30H23FN8O2/c31-24-6-5-22(23-15-35-36-28(23)24)26-27(18-7-10-32-11-8-18)37-39-25(9-12-33-29(26)39)17-1-3-21(4-2-17)41-30(40)38-16-19-13-20(38)14-34-19/h1-12,15,19-20,34H,13-14,16H2,(H,35,36). The fourth-order valence-corrected chi connectivity index (χ4v) is 5.98. The van der Waals surface area contributed by atoms with E-state index in [0.717, 1.165) is 40.9 Å². The summed E-state index contributed by atoms with van der Waals surface area (Å²) in [6.45, 7) is 1.49. The van der Waals surface area contributed by atoms with Gasteiger partial charge in [0.2, 0.25) is 0 Å². The molecule has 0 spiro atoms. The third-order valence-corrected chi connectivity index (χ3v) is 7.95. The number of ether oxygens (including phenoxy) is 1. The number of H-pyrrole nitrogens is 1. The van der Waals surface area contributed by atoms with Crippen molar-refractivity contribution in [3.05, 3.63) is 85.2 Å². The van der Waals surface area contributed by atoms with E-state index < -0.39 is 0 Å². The Kier molecular flexibility index (Phi) is 5.32. The number of aromatic amines is 1. The highest BCUT2D eigenvalue weighted by Gasteiger charge is 2.41. The molecule has 2 bridgehead atoms. The summed E-state index contributed by atoms with van der Waals surface area (Å²) >= 11 is 0. The van der Waals surface area contributed by atoms with Crippen molar-refractivity contribution in [3.8, 4) is 39.4 Å². The number of aromatic nitrogens is 6. The van der Waals surface area contributed by atoms with Gasteiger partial charge in [-0.1, -0.05) is 6.07 Å². The van der Waals surface area contributed by atoms with Crippen LogP contribution in [-0.2, 0) is 0 Å². The minimum atomic E-state index is -0.383. The van der Waals surface area contributed by atoms with Gasteiger partial charge in [0, 0.05) is 60.3 Å². The fourth-order valence-electron chi connectivity index (χ4n) is 5.98. The summed E-state index contributed by atoms with van der Waals surface area (Å²) in [4.78, 5) is 23.4. The molecule has 202 valence electrons. The zero-order valence-electron chi connectivity index (χ0n) is 21.7. The summed E-state index contributed by atoms with van der Waals surface area (Å²) in [5, 5.41) is 15.9. The monoisotopic (exact) mass is 546 g/mol. The first-order valence-corrected chi connectivity index (χ1v) is 13.4. The van der Waals surface area contributed by atoms with Gasteiger partial charge in [-0.05, 0) is 60.5 Å². The van der Waals surface area contributed by atoms with Gasteiger partial charge >= 0.3 is 6.09 Å². The van der Waals surface area contributed by atoms with Crippen molar-refractivity contribution in [2.45, 2.75) is 18.5 Å². The first-order chi connectivity index (χ1) is 20.1. The molecule has 41 heavy (non-hydrogen) atoms. The van der Waals surface area contributed by atoms with Crippen molar-refractivity contribution in [3.63, 3.8) is 0 Å². The van der Waals surface area contributed by atoms with Crippen LogP contribution in [-0.4, -0.2) is 65.9 Å². The molecule has 2 aliphatic rings. The van der Waals surface area contributed by atoms with Crippen LogP contribution in [0.3, 0.4) is 0 Å². The van der Waals surface area contributed by atoms with E-state index in [1.165, 1.54) is 6.07 Å². The number of rotatable bonds is 4. The highest BCUT2D eigenvalue weighted by Crippen LogP contribution is 2.39. The third-order valence-electron chi connectivity index (χ3n) is 7.95. The van der Waals surface area contributed by atoms with Crippen LogP contribution in [0.5, 0.6) is 5.75 Å². The minimum Gasteiger partial charge on any atom is -0.410 e. The van der Waals surface area contributed by atoms with E-state index in [9.17, 15) is 9.18 Å². The van der Waals surface area contributed by atoms with Gasteiger partial charge in [-0.3, -0.25) is 10.1 Å². The number of carbonyl (C=O) groups excluding carboxylic acids is 1. The maximum absolute atomic E-state index is 14.6. The van der Waals surface area contributed by atoms with Crippen LogP contribution in [0.1, 0.15) is 6.42 Å². The van der Waals surface area contributed by atoms with E-state index in [4.69, 9.17) is 14.8 Å². The Morgan fingerprint density at radius 1 is 1.00 bits per heavy atom. The second-order valence-electron chi connectivity index (χ2n) is 10.3. The molecule has 4 aromatic heterocycles. The highest BCUT2D eigenvalue weighted by molar-refractivity contribution is 6.03. The quantitative estimate of drug-likeness (QED) is 0.330. The maximum atomic E-state index is 14.6. The smallest absolute Gasteiger partial charge is 0.410 e. The zero-order chi connectivity index (χ0) is 27.5. The van der Waals surface area contributed by atoms with Crippen molar-refractivity contribution in [2.75, 3.05) is 13.1 Å². The Bertz CT molecular complexity index is 1940. The average Bonchev–Trinajstić information content (AvgIpc) is 3.82. The molecule has 11 heteroatoms. The molecule has 0 aliphatic carbocycles. The van der Waals surface area contributed by atoms with E-state index in [0.29, 0.717) is 40.6 Å². The molecule has 10 nitrogen and oxygen atoms in total. The van der Waals surface area contributed by atoms with Gasteiger partial charge in [-0.15, -0.1) is 0 Å². The molecule has 8 rings (SSSR count). The molecule has 6 heterocycles.